The Morgan fingerprint density at radius 3 is 2.86 bits per heavy atom. The van der Waals surface area contributed by atoms with Crippen molar-refractivity contribution in [3.8, 4) is 0 Å². The second kappa shape index (κ2) is 6.41. The minimum Gasteiger partial charge on any atom is -0.373 e. The quantitative estimate of drug-likeness (QED) is 0.488. The molecule has 1 fully saturated rings. The Balaban J connectivity index is 2.24. The number of hydrogen-bond donors (Lipinski definition) is 0. The van der Waals surface area contributed by atoms with Crippen LogP contribution in [0.25, 0.3) is 0 Å². The standard InChI is InChI=1S/C14H17ClN2O4/c1-9-5-11(17(19)20)3-4-13(9)14(18)16-7-12(6-15)21-8-10(16)2/h3-5,10,12H,6-8H2,1-2H3. The third kappa shape index (κ3) is 3.33. The van der Waals surface area contributed by atoms with Gasteiger partial charge in [0.1, 0.15) is 0 Å². The van der Waals surface area contributed by atoms with E-state index in [1.807, 2.05) is 6.92 Å². The van der Waals surface area contributed by atoms with Gasteiger partial charge in [-0.05, 0) is 25.5 Å². The van der Waals surface area contributed by atoms with Crippen molar-refractivity contribution < 1.29 is 14.5 Å². The number of carbonyl (C=O) groups excluding carboxylic acids is 1. The maximum absolute atomic E-state index is 12.6. The fourth-order valence-corrected chi connectivity index (χ4v) is 2.54. The van der Waals surface area contributed by atoms with Gasteiger partial charge in [-0.2, -0.15) is 0 Å². The average molecular weight is 313 g/mol. The average Bonchev–Trinajstić information content (AvgIpc) is 2.47. The molecule has 0 bridgehead atoms. The van der Waals surface area contributed by atoms with Crippen LogP contribution in [0.2, 0.25) is 0 Å². The van der Waals surface area contributed by atoms with E-state index in [0.29, 0.717) is 30.2 Å². The Bertz CT molecular complexity index is 564. The molecule has 6 nitrogen and oxygen atoms in total. The van der Waals surface area contributed by atoms with Gasteiger partial charge < -0.3 is 9.64 Å². The van der Waals surface area contributed by atoms with Gasteiger partial charge in [0.15, 0.2) is 0 Å². The molecular formula is C14H17ClN2O4. The molecule has 2 unspecified atom stereocenters. The first kappa shape index (κ1) is 15.7. The molecule has 0 spiro atoms. The summed E-state index contributed by atoms with van der Waals surface area (Å²) in [5.74, 6) is 0.184. The summed E-state index contributed by atoms with van der Waals surface area (Å²) in [6.07, 6.45) is -0.176. The summed E-state index contributed by atoms with van der Waals surface area (Å²) in [5, 5.41) is 10.7. The highest BCUT2D eigenvalue weighted by Gasteiger charge is 2.30. The molecule has 1 saturated heterocycles. The van der Waals surface area contributed by atoms with Gasteiger partial charge in [-0.1, -0.05) is 0 Å². The summed E-state index contributed by atoms with van der Waals surface area (Å²) in [5.41, 5.74) is 1.05. The molecule has 2 atom stereocenters. The van der Waals surface area contributed by atoms with E-state index in [0.717, 1.165) is 0 Å². The van der Waals surface area contributed by atoms with Gasteiger partial charge in [-0.15, -0.1) is 11.6 Å². The van der Waals surface area contributed by atoms with Crippen molar-refractivity contribution in [1.82, 2.24) is 4.90 Å². The van der Waals surface area contributed by atoms with Gasteiger partial charge in [0.05, 0.1) is 29.6 Å². The molecule has 114 valence electrons. The van der Waals surface area contributed by atoms with E-state index in [1.54, 1.807) is 11.8 Å². The van der Waals surface area contributed by atoms with Crippen molar-refractivity contribution in [3.05, 3.63) is 39.4 Å². The van der Waals surface area contributed by atoms with Gasteiger partial charge in [0, 0.05) is 24.2 Å². The number of nitrogens with zero attached hydrogens (tertiary/aromatic N) is 2. The molecule has 0 aliphatic carbocycles. The van der Waals surface area contributed by atoms with Crippen LogP contribution in [0, 0.1) is 17.0 Å². The molecule has 1 aromatic carbocycles. The lowest BCUT2D eigenvalue weighted by Crippen LogP contribution is -2.51. The minimum absolute atomic E-state index is 0.0160. The lowest BCUT2D eigenvalue weighted by atomic mass is 10.0. The maximum Gasteiger partial charge on any atom is 0.269 e. The summed E-state index contributed by atoms with van der Waals surface area (Å²) < 4.78 is 5.52. The topological polar surface area (TPSA) is 72.7 Å². The van der Waals surface area contributed by atoms with Crippen LogP contribution in [-0.2, 0) is 4.74 Å². The lowest BCUT2D eigenvalue weighted by Gasteiger charge is -2.37. The lowest BCUT2D eigenvalue weighted by molar-refractivity contribution is -0.384. The number of benzene rings is 1. The zero-order chi connectivity index (χ0) is 15.6. The van der Waals surface area contributed by atoms with E-state index in [4.69, 9.17) is 16.3 Å². The first-order valence-corrected chi connectivity index (χ1v) is 7.21. The largest absolute Gasteiger partial charge is 0.373 e. The number of hydrogen-bond acceptors (Lipinski definition) is 4. The number of rotatable bonds is 3. The number of nitro groups is 1. The molecule has 1 aromatic rings. The number of halogens is 1. The fourth-order valence-electron chi connectivity index (χ4n) is 2.35. The Labute approximate surface area is 127 Å². The van der Waals surface area contributed by atoms with Crippen LogP contribution in [0.5, 0.6) is 0 Å². The molecule has 7 heteroatoms. The minimum atomic E-state index is -0.470. The highest BCUT2D eigenvalue weighted by molar-refractivity contribution is 6.18. The zero-order valence-electron chi connectivity index (χ0n) is 11.9. The number of nitro benzene ring substituents is 1. The van der Waals surface area contributed by atoms with Crippen molar-refractivity contribution in [2.75, 3.05) is 19.0 Å². The number of amides is 1. The molecule has 21 heavy (non-hydrogen) atoms. The molecule has 2 rings (SSSR count). The van der Waals surface area contributed by atoms with Crippen molar-refractivity contribution in [3.63, 3.8) is 0 Å². The molecular weight excluding hydrogens is 296 g/mol. The number of ether oxygens (including phenoxy) is 1. The molecule has 0 radical (unpaired) electrons. The number of non-ortho nitro benzene ring substituents is 1. The SMILES string of the molecule is Cc1cc([N+](=O)[O-])ccc1C(=O)N1CC(CCl)OCC1C. The van der Waals surface area contributed by atoms with Crippen molar-refractivity contribution in [2.24, 2.45) is 0 Å². The Hall–Kier alpha value is -1.66. The summed E-state index contributed by atoms with van der Waals surface area (Å²) in [6.45, 7) is 4.47. The van der Waals surface area contributed by atoms with Gasteiger partial charge in [-0.25, -0.2) is 0 Å². The highest BCUT2D eigenvalue weighted by atomic mass is 35.5. The smallest absolute Gasteiger partial charge is 0.269 e. The van der Waals surface area contributed by atoms with E-state index in [2.05, 4.69) is 0 Å². The van der Waals surface area contributed by atoms with Crippen LogP contribution in [0.4, 0.5) is 5.69 Å². The number of alkyl halides is 1. The van der Waals surface area contributed by atoms with E-state index in [-0.39, 0.29) is 23.7 Å². The van der Waals surface area contributed by atoms with Crippen LogP contribution in [0.1, 0.15) is 22.8 Å². The van der Waals surface area contributed by atoms with E-state index >= 15 is 0 Å². The molecule has 1 aliphatic heterocycles. The van der Waals surface area contributed by atoms with E-state index in [9.17, 15) is 14.9 Å². The predicted molar refractivity (Wildman–Crippen MR) is 78.8 cm³/mol. The molecule has 1 amide bonds. The van der Waals surface area contributed by atoms with Crippen LogP contribution in [0.15, 0.2) is 18.2 Å². The van der Waals surface area contributed by atoms with Crippen LogP contribution < -0.4 is 0 Å². The first-order valence-electron chi connectivity index (χ1n) is 6.67. The van der Waals surface area contributed by atoms with Crippen molar-refractivity contribution >= 4 is 23.2 Å². The number of aryl methyl sites for hydroxylation is 1. The van der Waals surface area contributed by atoms with Gasteiger partial charge >= 0.3 is 0 Å². The zero-order valence-corrected chi connectivity index (χ0v) is 12.7. The molecule has 0 N–H and O–H groups in total. The number of morpholine rings is 1. The fraction of sp³-hybridized carbons (Fsp3) is 0.500. The normalized spacial score (nSPS) is 22.1. The third-order valence-electron chi connectivity index (χ3n) is 3.59. The van der Waals surface area contributed by atoms with Crippen LogP contribution in [-0.4, -0.2) is 46.9 Å². The Kier molecular flexibility index (Phi) is 4.80. The second-order valence-corrected chi connectivity index (χ2v) is 5.48. The van der Waals surface area contributed by atoms with Crippen LogP contribution in [0.3, 0.4) is 0 Å². The van der Waals surface area contributed by atoms with E-state index in [1.165, 1.54) is 18.2 Å². The number of carbonyl (C=O) groups is 1. The van der Waals surface area contributed by atoms with Gasteiger partial charge in [0.2, 0.25) is 0 Å². The molecule has 0 aromatic heterocycles. The van der Waals surface area contributed by atoms with Gasteiger partial charge in [-0.3, -0.25) is 14.9 Å². The summed E-state index contributed by atoms with van der Waals surface area (Å²) in [7, 11) is 0. The maximum atomic E-state index is 12.6. The summed E-state index contributed by atoms with van der Waals surface area (Å²) in [6, 6.07) is 4.22. The highest BCUT2D eigenvalue weighted by Crippen LogP contribution is 2.21. The van der Waals surface area contributed by atoms with E-state index < -0.39 is 4.92 Å². The molecule has 1 aliphatic rings. The summed E-state index contributed by atoms with van der Waals surface area (Å²) in [4.78, 5) is 24.6. The predicted octanol–water partition coefficient (Wildman–Crippen LogP) is 2.37. The Morgan fingerprint density at radius 2 is 2.29 bits per heavy atom. The Morgan fingerprint density at radius 1 is 1.57 bits per heavy atom. The monoisotopic (exact) mass is 312 g/mol. The molecule has 1 heterocycles. The third-order valence-corrected chi connectivity index (χ3v) is 3.93. The van der Waals surface area contributed by atoms with Crippen molar-refractivity contribution in [2.45, 2.75) is 26.0 Å². The first-order chi connectivity index (χ1) is 9.93. The van der Waals surface area contributed by atoms with Crippen LogP contribution >= 0.6 is 11.6 Å². The van der Waals surface area contributed by atoms with Crippen molar-refractivity contribution in [1.29, 1.82) is 0 Å². The van der Waals surface area contributed by atoms with Gasteiger partial charge in [0.25, 0.3) is 11.6 Å². The summed E-state index contributed by atoms with van der Waals surface area (Å²) >= 11 is 5.79. The molecule has 0 saturated carbocycles. The second-order valence-electron chi connectivity index (χ2n) is 5.17.